The number of aryl methyl sites for hydroxylation is 2. The van der Waals surface area contributed by atoms with Gasteiger partial charge in [-0.15, -0.1) is 0 Å². The molecule has 1 aromatic carbocycles. The summed E-state index contributed by atoms with van der Waals surface area (Å²) in [5, 5.41) is 3.57. The SMILES string of the molecule is CC(C)NCC(CCc1nccn1C)c1ccccc1Br. The monoisotopic (exact) mass is 349 g/mol. The van der Waals surface area contributed by atoms with Gasteiger partial charge in [-0.05, 0) is 24.0 Å². The van der Waals surface area contributed by atoms with Gasteiger partial charge < -0.3 is 9.88 Å². The molecule has 0 bridgehead atoms. The van der Waals surface area contributed by atoms with E-state index in [-0.39, 0.29) is 0 Å². The van der Waals surface area contributed by atoms with Gasteiger partial charge in [-0.3, -0.25) is 0 Å². The number of halogens is 1. The highest BCUT2D eigenvalue weighted by Crippen LogP contribution is 2.28. The molecule has 3 nitrogen and oxygen atoms in total. The van der Waals surface area contributed by atoms with Crippen molar-refractivity contribution < 1.29 is 0 Å². The Kier molecular flexibility index (Phi) is 6.00. The first-order valence-corrected chi connectivity index (χ1v) is 8.31. The van der Waals surface area contributed by atoms with E-state index in [1.165, 1.54) is 10.0 Å². The second-order valence-corrected chi connectivity index (χ2v) is 6.63. The van der Waals surface area contributed by atoms with E-state index in [4.69, 9.17) is 0 Å². The van der Waals surface area contributed by atoms with Crippen LogP contribution in [0.2, 0.25) is 0 Å². The van der Waals surface area contributed by atoms with Gasteiger partial charge >= 0.3 is 0 Å². The molecule has 0 aliphatic carbocycles. The zero-order chi connectivity index (χ0) is 15.2. The van der Waals surface area contributed by atoms with Crippen molar-refractivity contribution in [2.45, 2.75) is 38.6 Å². The lowest BCUT2D eigenvalue weighted by molar-refractivity contribution is 0.501. The molecule has 0 saturated carbocycles. The number of imidazole rings is 1. The van der Waals surface area contributed by atoms with Crippen molar-refractivity contribution >= 4 is 15.9 Å². The van der Waals surface area contributed by atoms with Crippen molar-refractivity contribution in [2.24, 2.45) is 7.05 Å². The first-order chi connectivity index (χ1) is 10.1. The average molecular weight is 350 g/mol. The first kappa shape index (κ1) is 16.2. The van der Waals surface area contributed by atoms with Crippen molar-refractivity contribution in [1.29, 1.82) is 0 Å². The Morgan fingerprint density at radius 3 is 2.67 bits per heavy atom. The molecule has 1 aromatic heterocycles. The lowest BCUT2D eigenvalue weighted by Crippen LogP contribution is -2.28. The third-order valence-corrected chi connectivity index (χ3v) is 4.48. The summed E-state index contributed by atoms with van der Waals surface area (Å²) in [7, 11) is 2.06. The molecule has 1 heterocycles. The van der Waals surface area contributed by atoms with Gasteiger partial charge in [0.15, 0.2) is 0 Å². The Morgan fingerprint density at radius 1 is 1.29 bits per heavy atom. The van der Waals surface area contributed by atoms with Gasteiger partial charge in [0.1, 0.15) is 5.82 Å². The van der Waals surface area contributed by atoms with Gasteiger partial charge in [0.05, 0.1) is 0 Å². The van der Waals surface area contributed by atoms with Crippen LogP contribution in [-0.2, 0) is 13.5 Å². The lowest BCUT2D eigenvalue weighted by atomic mass is 9.93. The van der Waals surface area contributed by atoms with E-state index in [0.717, 1.165) is 25.2 Å². The fraction of sp³-hybridized carbons (Fsp3) is 0.471. The fourth-order valence-corrected chi connectivity index (χ4v) is 3.10. The van der Waals surface area contributed by atoms with E-state index in [2.05, 4.69) is 76.0 Å². The molecule has 0 spiro atoms. The lowest BCUT2D eigenvalue weighted by Gasteiger charge is -2.21. The molecule has 2 aromatic rings. The topological polar surface area (TPSA) is 29.9 Å². The molecule has 1 atom stereocenters. The minimum Gasteiger partial charge on any atom is -0.338 e. The van der Waals surface area contributed by atoms with E-state index in [9.17, 15) is 0 Å². The van der Waals surface area contributed by atoms with Gasteiger partial charge in [-0.25, -0.2) is 4.98 Å². The molecule has 4 heteroatoms. The summed E-state index contributed by atoms with van der Waals surface area (Å²) < 4.78 is 3.30. The number of rotatable bonds is 7. The number of nitrogens with zero attached hydrogens (tertiary/aromatic N) is 2. The summed E-state index contributed by atoms with van der Waals surface area (Å²) >= 11 is 3.69. The Labute approximate surface area is 135 Å². The van der Waals surface area contributed by atoms with Crippen LogP contribution in [-0.4, -0.2) is 22.1 Å². The molecule has 0 aliphatic heterocycles. The predicted octanol–water partition coefficient (Wildman–Crippen LogP) is 3.90. The minimum absolute atomic E-state index is 0.486. The molecular weight excluding hydrogens is 326 g/mol. The molecule has 0 fully saturated rings. The summed E-state index contributed by atoms with van der Waals surface area (Å²) in [5.74, 6) is 1.64. The number of benzene rings is 1. The molecule has 21 heavy (non-hydrogen) atoms. The van der Waals surface area contributed by atoms with E-state index in [1.807, 2.05) is 12.4 Å². The van der Waals surface area contributed by atoms with E-state index >= 15 is 0 Å². The van der Waals surface area contributed by atoms with Crippen molar-refractivity contribution in [3.63, 3.8) is 0 Å². The molecule has 114 valence electrons. The van der Waals surface area contributed by atoms with Gasteiger partial charge in [0, 0.05) is 42.9 Å². The van der Waals surface area contributed by atoms with E-state index in [0.29, 0.717) is 12.0 Å². The average Bonchev–Trinajstić information content (AvgIpc) is 2.85. The number of aromatic nitrogens is 2. The number of hydrogen-bond acceptors (Lipinski definition) is 2. The maximum Gasteiger partial charge on any atom is 0.108 e. The zero-order valence-corrected chi connectivity index (χ0v) is 14.6. The van der Waals surface area contributed by atoms with Crippen LogP contribution in [0.5, 0.6) is 0 Å². The first-order valence-electron chi connectivity index (χ1n) is 7.52. The van der Waals surface area contributed by atoms with Crippen LogP contribution >= 0.6 is 15.9 Å². The molecule has 2 rings (SSSR count). The van der Waals surface area contributed by atoms with Crippen LogP contribution in [0.4, 0.5) is 0 Å². The Hall–Kier alpha value is -1.13. The van der Waals surface area contributed by atoms with Gasteiger partial charge in [-0.1, -0.05) is 48.0 Å². The second-order valence-electron chi connectivity index (χ2n) is 5.77. The second kappa shape index (κ2) is 7.76. The Balaban J connectivity index is 2.09. The molecular formula is C17H24BrN3. The standard InChI is InChI=1S/C17H24BrN3/c1-13(2)20-12-14(15-6-4-5-7-16(15)18)8-9-17-19-10-11-21(17)3/h4-7,10-11,13-14,20H,8-9,12H2,1-3H3. The quantitative estimate of drug-likeness (QED) is 0.821. The normalized spacial score (nSPS) is 12.8. The Morgan fingerprint density at radius 2 is 2.05 bits per heavy atom. The van der Waals surface area contributed by atoms with Crippen LogP contribution in [0.3, 0.4) is 0 Å². The summed E-state index contributed by atoms with van der Waals surface area (Å²) in [6.45, 7) is 5.37. The molecule has 1 unspecified atom stereocenters. The number of nitrogens with one attached hydrogen (secondary N) is 1. The van der Waals surface area contributed by atoms with Crippen LogP contribution < -0.4 is 5.32 Å². The summed E-state index contributed by atoms with van der Waals surface area (Å²) in [6, 6.07) is 9.03. The third-order valence-electron chi connectivity index (χ3n) is 3.75. The molecule has 0 saturated heterocycles. The van der Waals surface area contributed by atoms with E-state index < -0.39 is 0 Å². The van der Waals surface area contributed by atoms with Crippen LogP contribution in [0.1, 0.15) is 37.6 Å². The zero-order valence-electron chi connectivity index (χ0n) is 13.0. The summed E-state index contributed by atoms with van der Waals surface area (Å²) in [4.78, 5) is 4.43. The van der Waals surface area contributed by atoms with Crippen molar-refractivity contribution in [1.82, 2.24) is 14.9 Å². The molecule has 0 aliphatic rings. The fourth-order valence-electron chi connectivity index (χ4n) is 2.49. The predicted molar refractivity (Wildman–Crippen MR) is 91.6 cm³/mol. The highest BCUT2D eigenvalue weighted by molar-refractivity contribution is 9.10. The van der Waals surface area contributed by atoms with Gasteiger partial charge in [-0.2, -0.15) is 0 Å². The minimum atomic E-state index is 0.486. The highest BCUT2D eigenvalue weighted by Gasteiger charge is 2.15. The number of hydrogen-bond donors (Lipinski definition) is 1. The van der Waals surface area contributed by atoms with Crippen LogP contribution in [0.25, 0.3) is 0 Å². The van der Waals surface area contributed by atoms with E-state index in [1.54, 1.807) is 0 Å². The van der Waals surface area contributed by atoms with Gasteiger partial charge in [0.2, 0.25) is 0 Å². The highest BCUT2D eigenvalue weighted by atomic mass is 79.9. The third kappa shape index (κ3) is 4.68. The van der Waals surface area contributed by atoms with Gasteiger partial charge in [0.25, 0.3) is 0 Å². The van der Waals surface area contributed by atoms with Crippen LogP contribution in [0, 0.1) is 0 Å². The molecule has 1 N–H and O–H groups in total. The smallest absolute Gasteiger partial charge is 0.108 e. The largest absolute Gasteiger partial charge is 0.338 e. The molecule has 0 radical (unpaired) electrons. The van der Waals surface area contributed by atoms with Crippen molar-refractivity contribution in [3.05, 3.63) is 52.5 Å². The summed E-state index contributed by atoms with van der Waals surface area (Å²) in [6.07, 6.45) is 5.97. The Bertz CT molecular complexity index is 563. The molecule has 0 amide bonds. The van der Waals surface area contributed by atoms with Crippen molar-refractivity contribution in [2.75, 3.05) is 6.54 Å². The van der Waals surface area contributed by atoms with Crippen LogP contribution in [0.15, 0.2) is 41.1 Å². The summed E-state index contributed by atoms with van der Waals surface area (Å²) in [5.41, 5.74) is 1.37. The maximum absolute atomic E-state index is 4.43. The van der Waals surface area contributed by atoms with Crippen molar-refractivity contribution in [3.8, 4) is 0 Å². The maximum atomic E-state index is 4.43.